The molecule has 2 aromatic carbocycles. The largest absolute Gasteiger partial charge is 0.322 e. The number of alkyl halides is 2. The van der Waals surface area contributed by atoms with Crippen LogP contribution in [0.2, 0.25) is 0 Å². The zero-order valence-electron chi connectivity index (χ0n) is 14.2. The lowest BCUT2D eigenvalue weighted by Crippen LogP contribution is -2.09. The van der Waals surface area contributed by atoms with Gasteiger partial charge < -0.3 is 5.32 Å². The quantitative estimate of drug-likeness (QED) is 0.359. The van der Waals surface area contributed by atoms with Crippen LogP contribution < -0.4 is 5.32 Å². The Morgan fingerprint density at radius 2 is 1.89 bits per heavy atom. The van der Waals surface area contributed by atoms with E-state index < -0.39 is 12.8 Å². The molecule has 0 radical (unpaired) electrons. The lowest BCUT2D eigenvalue weighted by molar-refractivity contribution is -0.111. The molecule has 2 nitrogen and oxygen atoms in total. The fourth-order valence-electron chi connectivity index (χ4n) is 2.92. The van der Waals surface area contributed by atoms with Crippen LogP contribution in [0.5, 0.6) is 0 Å². The molecule has 6 heteroatoms. The normalized spacial score (nSPS) is 21.7. The van der Waals surface area contributed by atoms with E-state index in [4.69, 9.17) is 0 Å². The maximum absolute atomic E-state index is 14.1. The number of amides is 1. The van der Waals surface area contributed by atoms with Crippen molar-refractivity contribution in [2.75, 3.05) is 5.32 Å². The highest BCUT2D eigenvalue weighted by Crippen LogP contribution is 2.51. The van der Waals surface area contributed by atoms with Gasteiger partial charge in [-0.05, 0) is 55.6 Å². The number of halogens is 4. The van der Waals surface area contributed by atoms with E-state index in [1.165, 1.54) is 6.08 Å². The number of nitrogens with one attached hydrogen (secondary N) is 1. The Balaban J connectivity index is 1.55. The highest BCUT2D eigenvalue weighted by atomic mass is 79.9. The van der Waals surface area contributed by atoms with Crippen LogP contribution in [0, 0.1) is 5.92 Å². The minimum atomic E-state index is -0.923. The summed E-state index contributed by atoms with van der Waals surface area (Å²) in [4.78, 5) is 11.9. The monoisotopic (exact) mass is 495 g/mol. The molecular formula is C21H17Br2F2NO. The van der Waals surface area contributed by atoms with Gasteiger partial charge in [0.2, 0.25) is 5.91 Å². The second-order valence-electron chi connectivity index (χ2n) is 6.25. The van der Waals surface area contributed by atoms with E-state index in [0.29, 0.717) is 11.3 Å². The summed E-state index contributed by atoms with van der Waals surface area (Å²) in [6.07, 6.45) is 5.42. The fourth-order valence-corrected chi connectivity index (χ4v) is 3.56. The van der Waals surface area contributed by atoms with Crippen molar-refractivity contribution in [1.29, 1.82) is 0 Å². The van der Waals surface area contributed by atoms with E-state index in [2.05, 4.69) is 37.2 Å². The third kappa shape index (κ3) is 4.93. The average Bonchev–Trinajstić information content (AvgIpc) is 3.31. The first-order valence-electron chi connectivity index (χ1n) is 8.40. The van der Waals surface area contributed by atoms with Crippen LogP contribution in [-0.4, -0.2) is 12.1 Å². The molecule has 3 unspecified atom stereocenters. The molecule has 0 spiro atoms. The van der Waals surface area contributed by atoms with E-state index in [0.717, 1.165) is 14.5 Å². The summed E-state index contributed by atoms with van der Waals surface area (Å²) < 4.78 is 28.8. The Bertz CT molecular complexity index is 898. The first-order chi connectivity index (χ1) is 13.0. The van der Waals surface area contributed by atoms with E-state index in [1.54, 1.807) is 42.5 Å². The number of para-hydroxylation sites is 1. The Kier molecular flexibility index (Phi) is 6.60. The number of hydrogen-bond acceptors (Lipinski definition) is 1. The summed E-state index contributed by atoms with van der Waals surface area (Å²) in [5.74, 6) is -0.719. The van der Waals surface area contributed by atoms with Gasteiger partial charge in [-0.2, -0.15) is 0 Å². The SMILES string of the molecule is O=C(/C=C/C=C/C1C(F)C1c1ccc(Br)c(Br)c1)Nc1ccccc1CF. The van der Waals surface area contributed by atoms with Crippen LogP contribution in [0.3, 0.4) is 0 Å². The van der Waals surface area contributed by atoms with Crippen molar-refractivity contribution in [2.24, 2.45) is 5.92 Å². The van der Waals surface area contributed by atoms with Crippen LogP contribution in [0.1, 0.15) is 17.0 Å². The van der Waals surface area contributed by atoms with Crippen LogP contribution in [-0.2, 0) is 11.5 Å². The minimum absolute atomic E-state index is 0.163. The molecule has 1 amide bonds. The fraction of sp³-hybridized carbons (Fsp3) is 0.190. The number of carbonyl (C=O) groups excluding carboxylic acids is 1. The first-order valence-corrected chi connectivity index (χ1v) is 9.98. The van der Waals surface area contributed by atoms with Gasteiger partial charge in [0.15, 0.2) is 0 Å². The number of rotatable bonds is 6. The highest BCUT2D eigenvalue weighted by molar-refractivity contribution is 9.13. The molecule has 1 aliphatic rings. The first kappa shape index (κ1) is 20.0. The Morgan fingerprint density at radius 3 is 2.63 bits per heavy atom. The molecular weight excluding hydrogens is 480 g/mol. The Hall–Kier alpha value is -1.79. The van der Waals surface area contributed by atoms with Gasteiger partial charge in [-0.1, -0.05) is 42.5 Å². The Labute approximate surface area is 173 Å². The molecule has 1 fully saturated rings. The Morgan fingerprint density at radius 1 is 1.11 bits per heavy atom. The number of allylic oxidation sites excluding steroid dienone is 3. The van der Waals surface area contributed by atoms with Crippen LogP contribution in [0.4, 0.5) is 14.5 Å². The van der Waals surface area contributed by atoms with Gasteiger partial charge in [0, 0.05) is 38.1 Å². The molecule has 0 aromatic heterocycles. The molecule has 0 heterocycles. The second-order valence-corrected chi connectivity index (χ2v) is 7.95. The third-order valence-electron chi connectivity index (χ3n) is 4.42. The zero-order valence-corrected chi connectivity index (χ0v) is 17.4. The third-order valence-corrected chi connectivity index (χ3v) is 6.30. The molecule has 1 N–H and O–H groups in total. The van der Waals surface area contributed by atoms with Gasteiger partial charge in [0.25, 0.3) is 0 Å². The molecule has 0 saturated heterocycles. The van der Waals surface area contributed by atoms with Crippen molar-refractivity contribution in [1.82, 2.24) is 0 Å². The van der Waals surface area contributed by atoms with Crippen LogP contribution in [0.25, 0.3) is 0 Å². The number of hydrogen-bond donors (Lipinski definition) is 1. The maximum Gasteiger partial charge on any atom is 0.248 e. The molecule has 2 aromatic rings. The van der Waals surface area contributed by atoms with Crippen molar-refractivity contribution in [3.05, 3.63) is 86.8 Å². The molecule has 3 atom stereocenters. The summed E-state index contributed by atoms with van der Waals surface area (Å²) in [6, 6.07) is 12.4. The predicted octanol–water partition coefficient (Wildman–Crippen LogP) is 6.48. The lowest BCUT2D eigenvalue weighted by atomic mass is 10.1. The van der Waals surface area contributed by atoms with Crippen molar-refractivity contribution >= 4 is 43.5 Å². The van der Waals surface area contributed by atoms with Crippen molar-refractivity contribution in [2.45, 2.75) is 18.8 Å². The van der Waals surface area contributed by atoms with E-state index >= 15 is 0 Å². The summed E-state index contributed by atoms with van der Waals surface area (Å²) >= 11 is 6.84. The van der Waals surface area contributed by atoms with E-state index in [9.17, 15) is 13.6 Å². The lowest BCUT2D eigenvalue weighted by Gasteiger charge is -2.05. The molecule has 0 bridgehead atoms. The highest BCUT2D eigenvalue weighted by Gasteiger charge is 2.50. The summed E-state index contributed by atoms with van der Waals surface area (Å²) in [5, 5.41) is 2.64. The van der Waals surface area contributed by atoms with Gasteiger partial charge >= 0.3 is 0 Å². The van der Waals surface area contributed by atoms with Crippen molar-refractivity contribution in [3.63, 3.8) is 0 Å². The minimum Gasteiger partial charge on any atom is -0.322 e. The second kappa shape index (κ2) is 8.93. The predicted molar refractivity (Wildman–Crippen MR) is 111 cm³/mol. The van der Waals surface area contributed by atoms with Gasteiger partial charge in [-0.3, -0.25) is 4.79 Å². The number of benzene rings is 2. The summed E-state index contributed by atoms with van der Waals surface area (Å²) in [6.45, 7) is -0.646. The molecule has 27 heavy (non-hydrogen) atoms. The van der Waals surface area contributed by atoms with Gasteiger partial charge in [-0.15, -0.1) is 0 Å². The molecule has 140 valence electrons. The summed E-state index contributed by atoms with van der Waals surface area (Å²) in [7, 11) is 0. The van der Waals surface area contributed by atoms with Crippen molar-refractivity contribution < 1.29 is 13.6 Å². The standard InChI is InChI=1S/C21H17Br2F2NO/c22-16-10-9-13(11-17(16)23)20-15(21(20)25)6-2-4-8-19(27)26-18-7-3-1-5-14(18)12-24/h1-11,15,20-21H,12H2,(H,26,27)/b6-2+,8-4+. The average molecular weight is 497 g/mol. The number of anilines is 1. The maximum atomic E-state index is 14.1. The van der Waals surface area contributed by atoms with Crippen molar-refractivity contribution in [3.8, 4) is 0 Å². The van der Waals surface area contributed by atoms with Gasteiger partial charge in [-0.25, -0.2) is 8.78 Å². The molecule has 1 saturated carbocycles. The topological polar surface area (TPSA) is 29.1 Å². The van der Waals surface area contributed by atoms with Crippen LogP contribution >= 0.6 is 31.9 Å². The van der Waals surface area contributed by atoms with E-state index in [-0.39, 0.29) is 17.7 Å². The molecule has 3 rings (SSSR count). The smallest absolute Gasteiger partial charge is 0.248 e. The molecule has 1 aliphatic carbocycles. The van der Waals surface area contributed by atoms with Crippen LogP contribution in [0.15, 0.2) is 75.7 Å². The molecule has 0 aliphatic heterocycles. The summed E-state index contributed by atoms with van der Waals surface area (Å²) in [5.41, 5.74) is 1.82. The van der Waals surface area contributed by atoms with Gasteiger partial charge in [0.05, 0.1) is 0 Å². The zero-order chi connectivity index (χ0) is 19.4. The number of carbonyl (C=O) groups is 1. The van der Waals surface area contributed by atoms with E-state index in [1.807, 2.05) is 18.2 Å². The van der Waals surface area contributed by atoms with Gasteiger partial charge in [0.1, 0.15) is 12.8 Å².